The maximum atomic E-state index is 2.55. The van der Waals surface area contributed by atoms with Crippen LogP contribution in [0.15, 0.2) is 94.6 Å². The third kappa shape index (κ3) is 1.70. The Morgan fingerprint density at radius 3 is 2.28 bits per heavy atom. The predicted molar refractivity (Wildman–Crippen MR) is 133 cm³/mol. The van der Waals surface area contributed by atoms with Crippen molar-refractivity contribution in [2.75, 3.05) is 0 Å². The highest BCUT2D eigenvalue weighted by Crippen LogP contribution is 2.71. The summed E-state index contributed by atoms with van der Waals surface area (Å²) in [6, 6.07) is 16.0. The Balaban J connectivity index is 1.52. The number of aryl methyl sites for hydroxylation is 2. The molecule has 0 saturated heterocycles. The first-order chi connectivity index (χ1) is 15.6. The van der Waals surface area contributed by atoms with Gasteiger partial charge in [0.2, 0.25) is 0 Å². The van der Waals surface area contributed by atoms with Crippen molar-refractivity contribution in [3.63, 3.8) is 0 Å². The minimum absolute atomic E-state index is 0.0108. The van der Waals surface area contributed by atoms with Crippen molar-refractivity contribution in [2.45, 2.75) is 39.5 Å². The van der Waals surface area contributed by atoms with Crippen LogP contribution in [0.2, 0.25) is 0 Å². The van der Waals surface area contributed by atoms with Crippen molar-refractivity contribution in [3.05, 3.63) is 122 Å². The van der Waals surface area contributed by atoms with Crippen LogP contribution in [0.3, 0.4) is 0 Å². The van der Waals surface area contributed by atoms with E-state index in [2.05, 4.69) is 86.7 Å². The third-order valence-electron chi connectivity index (χ3n) is 9.63. The summed E-state index contributed by atoms with van der Waals surface area (Å²) in [5.74, 6) is 0. The maximum Gasteiger partial charge on any atom is 0.0315 e. The van der Waals surface area contributed by atoms with Crippen molar-refractivity contribution in [2.24, 2.45) is 10.8 Å². The molecule has 0 unspecified atom stereocenters. The molecule has 0 spiro atoms. The first-order valence-electron chi connectivity index (χ1n) is 12.1. The molecular weight excluding hydrogens is 384 g/mol. The van der Waals surface area contributed by atoms with Crippen molar-refractivity contribution in [1.82, 2.24) is 0 Å². The lowest BCUT2D eigenvalue weighted by atomic mass is 9.43. The Hall–Kier alpha value is -3.12. The van der Waals surface area contributed by atoms with Gasteiger partial charge in [0.1, 0.15) is 0 Å². The molecule has 0 heterocycles. The van der Waals surface area contributed by atoms with Crippen LogP contribution in [-0.2, 0) is 12.8 Å². The fourth-order valence-electron chi connectivity index (χ4n) is 7.98. The Labute approximate surface area is 190 Å². The van der Waals surface area contributed by atoms with E-state index in [-0.39, 0.29) is 10.8 Å². The van der Waals surface area contributed by atoms with E-state index in [0.717, 1.165) is 0 Å². The molecule has 0 heteroatoms. The van der Waals surface area contributed by atoms with Gasteiger partial charge in [-0.1, -0.05) is 86.7 Å². The normalized spacial score (nSPS) is 30.1. The van der Waals surface area contributed by atoms with Gasteiger partial charge in [0, 0.05) is 10.8 Å². The topological polar surface area (TPSA) is 0 Å². The van der Waals surface area contributed by atoms with E-state index in [0.29, 0.717) is 0 Å². The average Bonchev–Trinajstić information content (AvgIpc) is 2.81. The second-order valence-corrected chi connectivity index (χ2v) is 10.6. The number of hydrogen-bond donors (Lipinski definition) is 0. The van der Waals surface area contributed by atoms with E-state index in [1.54, 1.807) is 44.6 Å². The molecule has 2 aromatic carbocycles. The van der Waals surface area contributed by atoms with Crippen molar-refractivity contribution in [1.29, 1.82) is 0 Å². The Kier molecular flexibility index (Phi) is 2.96. The second kappa shape index (κ2) is 5.44. The van der Waals surface area contributed by atoms with E-state index in [4.69, 9.17) is 0 Å². The zero-order valence-electron chi connectivity index (χ0n) is 18.8. The van der Waals surface area contributed by atoms with Crippen LogP contribution in [0.5, 0.6) is 0 Å². The predicted octanol–water partition coefficient (Wildman–Crippen LogP) is 7.65. The minimum Gasteiger partial charge on any atom is -0.0617 e. The van der Waals surface area contributed by atoms with Gasteiger partial charge < -0.3 is 0 Å². The van der Waals surface area contributed by atoms with Gasteiger partial charge in [0.25, 0.3) is 0 Å². The molecule has 154 valence electrons. The molecule has 0 aliphatic heterocycles. The molecule has 2 atom stereocenters. The Bertz CT molecular complexity index is 1480. The number of benzene rings is 2. The summed E-state index contributed by atoms with van der Waals surface area (Å²) in [6.07, 6.45) is 17.0. The number of hydrogen-bond acceptors (Lipinski definition) is 0. The summed E-state index contributed by atoms with van der Waals surface area (Å²) >= 11 is 0. The summed E-state index contributed by atoms with van der Waals surface area (Å²) in [7, 11) is 0. The molecule has 0 fully saturated rings. The summed E-state index contributed by atoms with van der Waals surface area (Å²) in [5, 5.41) is 0. The summed E-state index contributed by atoms with van der Waals surface area (Å²) < 4.78 is 0. The van der Waals surface area contributed by atoms with Crippen LogP contribution in [0.25, 0.3) is 17.2 Å². The number of allylic oxidation sites excluding steroid dienone is 11. The molecule has 0 N–H and O–H groups in total. The number of rotatable bonds is 0. The SMILES string of the molecule is C[C@]12C3=Cc4ccccc4C1=CC=C1C4=C5C(=C(C=C3)[C@]12C)CCc1cccc(c15)CC4. The lowest BCUT2D eigenvalue weighted by molar-refractivity contribution is 0.270. The smallest absolute Gasteiger partial charge is 0.0315 e. The van der Waals surface area contributed by atoms with Crippen LogP contribution in [0.4, 0.5) is 0 Å². The van der Waals surface area contributed by atoms with Crippen LogP contribution >= 0.6 is 0 Å². The molecule has 2 aromatic rings. The highest BCUT2D eigenvalue weighted by Gasteiger charge is 2.59. The van der Waals surface area contributed by atoms with Gasteiger partial charge in [0.05, 0.1) is 0 Å². The molecule has 0 nitrogen and oxygen atoms in total. The fourth-order valence-corrected chi connectivity index (χ4v) is 7.98. The van der Waals surface area contributed by atoms with Crippen molar-refractivity contribution in [3.8, 4) is 0 Å². The largest absolute Gasteiger partial charge is 0.0617 e. The van der Waals surface area contributed by atoms with E-state index in [9.17, 15) is 0 Å². The van der Waals surface area contributed by atoms with Crippen molar-refractivity contribution < 1.29 is 0 Å². The molecule has 0 saturated carbocycles. The molecule has 6 aliphatic rings. The van der Waals surface area contributed by atoms with Gasteiger partial charge in [-0.3, -0.25) is 0 Å². The van der Waals surface area contributed by atoms with E-state index in [1.165, 1.54) is 48.0 Å². The zero-order chi connectivity index (χ0) is 21.2. The van der Waals surface area contributed by atoms with Crippen LogP contribution in [-0.4, -0.2) is 0 Å². The van der Waals surface area contributed by atoms with E-state index >= 15 is 0 Å². The van der Waals surface area contributed by atoms with Gasteiger partial charge in [-0.25, -0.2) is 0 Å². The lowest BCUT2D eigenvalue weighted by Gasteiger charge is -2.59. The average molecular weight is 411 g/mol. The molecular formula is C32H26. The second-order valence-electron chi connectivity index (χ2n) is 10.6. The lowest BCUT2D eigenvalue weighted by Crippen LogP contribution is -2.49. The van der Waals surface area contributed by atoms with Crippen molar-refractivity contribution >= 4 is 17.2 Å². The summed E-state index contributed by atoms with van der Waals surface area (Å²) in [5.41, 5.74) is 18.4. The van der Waals surface area contributed by atoms with Crippen LogP contribution in [0.1, 0.15) is 54.5 Å². The van der Waals surface area contributed by atoms with Gasteiger partial charge in [-0.15, -0.1) is 0 Å². The first kappa shape index (κ1) is 17.4. The van der Waals surface area contributed by atoms with Crippen LogP contribution < -0.4 is 0 Å². The van der Waals surface area contributed by atoms with Gasteiger partial charge in [0.15, 0.2) is 0 Å². The van der Waals surface area contributed by atoms with Crippen LogP contribution in [0, 0.1) is 10.8 Å². The standard InChI is InChI=1S/C32H26/c1-31-22-12-15-27-24-13-10-19-7-5-8-20-11-14-25(30(24)29(19)20)28(32(27,31)2)17-16-26(31)23-9-4-3-6-21(23)18-22/h3-9,12,15-18H,10-11,13-14H2,1-2H3/t31-,32+/m0/s1. The quantitative estimate of drug-likeness (QED) is 0.418. The molecule has 32 heavy (non-hydrogen) atoms. The summed E-state index contributed by atoms with van der Waals surface area (Å²) in [4.78, 5) is 0. The van der Waals surface area contributed by atoms with E-state index in [1.807, 2.05) is 0 Å². The molecule has 0 amide bonds. The molecule has 0 aromatic heterocycles. The summed E-state index contributed by atoms with van der Waals surface area (Å²) in [6.45, 7) is 5.08. The molecule has 0 bridgehead atoms. The number of fused-ring (bicyclic) bond motifs is 3. The Morgan fingerprint density at radius 2 is 1.44 bits per heavy atom. The minimum atomic E-state index is -0.0295. The van der Waals surface area contributed by atoms with E-state index < -0.39 is 0 Å². The van der Waals surface area contributed by atoms with Gasteiger partial charge in [-0.2, -0.15) is 0 Å². The highest BCUT2D eigenvalue weighted by molar-refractivity contribution is 5.98. The van der Waals surface area contributed by atoms with Gasteiger partial charge >= 0.3 is 0 Å². The van der Waals surface area contributed by atoms with Gasteiger partial charge in [-0.05, 0) is 92.5 Å². The third-order valence-corrected chi connectivity index (χ3v) is 9.63. The monoisotopic (exact) mass is 410 g/mol. The molecule has 0 radical (unpaired) electrons. The fraction of sp³-hybridized carbons (Fsp3) is 0.250. The zero-order valence-corrected chi connectivity index (χ0v) is 18.8. The molecule has 6 aliphatic carbocycles. The Morgan fingerprint density at radius 1 is 0.688 bits per heavy atom. The molecule has 8 rings (SSSR count). The maximum absolute atomic E-state index is 2.55. The highest BCUT2D eigenvalue weighted by atomic mass is 14.6. The first-order valence-corrected chi connectivity index (χ1v) is 12.1.